The molecule has 8 rings (SSSR count). The monoisotopic (exact) mass is 826 g/mol. The molecule has 0 fully saturated rings. The lowest BCUT2D eigenvalue weighted by Crippen LogP contribution is -2.54. The highest BCUT2D eigenvalue weighted by atomic mass is 35.5. The first kappa shape index (κ1) is 39.2. The standard InChI is InChI=1S/C45H36Cl2N6O6/c46-35-13-6-28(17-36(35)47)25-58-34-11-9-30(10-12-34)42-44(55)51-37-19-32-20-39(53(24-41-49-14-15-50-41)23-33(32)21-40(37)59-42)43(54)52-38(45(56)57)18-27-2-1-3-31(16-27)29-7-4-26(22-48)5-8-29/h1-17,19,21,38-39,42H,18,20,23-25H2,(H,49,50)(H,51,55)(H,52,54)(H,56,57)/t38?,39-,42-/m0/s1. The number of amides is 2. The van der Waals surface area contributed by atoms with Crippen LogP contribution in [0.15, 0.2) is 116 Å². The highest BCUT2D eigenvalue weighted by Gasteiger charge is 2.37. The summed E-state index contributed by atoms with van der Waals surface area (Å²) >= 11 is 12.2. The number of imidazole rings is 1. The van der Waals surface area contributed by atoms with Gasteiger partial charge in [0.25, 0.3) is 5.91 Å². The molecule has 0 aliphatic carbocycles. The predicted octanol–water partition coefficient (Wildman–Crippen LogP) is 7.65. The Morgan fingerprint density at radius 1 is 0.966 bits per heavy atom. The quantitative estimate of drug-likeness (QED) is 0.0969. The van der Waals surface area contributed by atoms with Crippen LogP contribution in [0, 0.1) is 11.3 Å². The van der Waals surface area contributed by atoms with E-state index in [9.17, 15) is 19.5 Å². The number of carbonyl (C=O) groups is 3. The lowest BCUT2D eigenvalue weighted by Gasteiger charge is -2.37. The Morgan fingerprint density at radius 3 is 2.51 bits per heavy atom. The molecule has 1 aromatic heterocycles. The van der Waals surface area contributed by atoms with Gasteiger partial charge in [0.05, 0.1) is 40.0 Å². The molecule has 2 aliphatic heterocycles. The number of hydrogen-bond acceptors (Lipinski definition) is 8. The van der Waals surface area contributed by atoms with Gasteiger partial charge in [0.1, 0.15) is 30.0 Å². The van der Waals surface area contributed by atoms with Gasteiger partial charge in [0.15, 0.2) is 0 Å². The van der Waals surface area contributed by atoms with Crippen LogP contribution in [0.2, 0.25) is 10.0 Å². The van der Waals surface area contributed by atoms with Gasteiger partial charge in [0, 0.05) is 30.9 Å². The summed E-state index contributed by atoms with van der Waals surface area (Å²) in [6, 6.07) is 30.9. The average Bonchev–Trinajstić information content (AvgIpc) is 3.76. The van der Waals surface area contributed by atoms with Crippen LogP contribution >= 0.6 is 23.2 Å². The van der Waals surface area contributed by atoms with Gasteiger partial charge in [-0.3, -0.25) is 14.5 Å². The van der Waals surface area contributed by atoms with E-state index >= 15 is 0 Å². The zero-order chi connectivity index (χ0) is 41.0. The highest BCUT2D eigenvalue weighted by Crippen LogP contribution is 2.40. The van der Waals surface area contributed by atoms with Crippen LogP contribution in [0.1, 0.15) is 45.3 Å². The van der Waals surface area contributed by atoms with E-state index in [4.69, 9.17) is 37.9 Å². The Balaban J connectivity index is 0.976. The third kappa shape index (κ3) is 8.93. The van der Waals surface area contributed by atoms with Crippen molar-refractivity contribution in [3.63, 3.8) is 0 Å². The number of aliphatic carboxylic acids is 1. The molecular weight excluding hydrogens is 791 g/mol. The number of fused-ring (bicyclic) bond motifs is 2. The van der Waals surface area contributed by atoms with E-state index in [1.165, 1.54) is 0 Å². The van der Waals surface area contributed by atoms with Crippen LogP contribution in [-0.2, 0) is 46.9 Å². The van der Waals surface area contributed by atoms with E-state index in [1.54, 1.807) is 60.9 Å². The number of benzene rings is 5. The summed E-state index contributed by atoms with van der Waals surface area (Å²) in [5.41, 5.74) is 6.72. The van der Waals surface area contributed by atoms with Crippen LogP contribution in [0.25, 0.3) is 11.1 Å². The molecule has 6 aromatic rings. The van der Waals surface area contributed by atoms with Crippen molar-refractivity contribution in [1.29, 1.82) is 5.26 Å². The smallest absolute Gasteiger partial charge is 0.326 e. The van der Waals surface area contributed by atoms with Gasteiger partial charge in [-0.25, -0.2) is 9.78 Å². The normalized spacial score (nSPS) is 16.4. The maximum absolute atomic E-state index is 14.1. The Bertz CT molecular complexity index is 2580. The summed E-state index contributed by atoms with van der Waals surface area (Å²) in [7, 11) is 0. The molecule has 0 saturated heterocycles. The molecule has 0 bridgehead atoms. The molecule has 1 unspecified atom stereocenters. The third-order valence-electron chi connectivity index (χ3n) is 10.4. The summed E-state index contributed by atoms with van der Waals surface area (Å²) in [6.45, 7) is 0.912. The van der Waals surface area contributed by atoms with E-state index in [0.29, 0.717) is 57.3 Å². The fraction of sp³-hybridized carbons (Fsp3) is 0.178. The number of carboxylic acids is 1. The van der Waals surface area contributed by atoms with E-state index in [2.05, 4.69) is 26.7 Å². The van der Waals surface area contributed by atoms with Crippen molar-refractivity contribution in [1.82, 2.24) is 20.2 Å². The minimum atomic E-state index is -1.21. The maximum atomic E-state index is 14.1. The number of nitrogens with one attached hydrogen (secondary N) is 3. The first-order chi connectivity index (χ1) is 28.6. The number of hydrogen-bond donors (Lipinski definition) is 4. The number of carboxylic acid groups (broad SMARTS) is 1. The van der Waals surface area contributed by atoms with Crippen LogP contribution in [0.4, 0.5) is 5.69 Å². The zero-order valence-corrected chi connectivity index (χ0v) is 32.8. The van der Waals surface area contributed by atoms with Crippen molar-refractivity contribution in [3.05, 3.63) is 165 Å². The van der Waals surface area contributed by atoms with Gasteiger partial charge < -0.3 is 30.2 Å². The van der Waals surface area contributed by atoms with E-state index < -0.39 is 30.1 Å². The summed E-state index contributed by atoms with van der Waals surface area (Å²) in [5, 5.41) is 26.1. The number of ether oxygens (including phenoxy) is 2. The number of halogens is 2. The lowest BCUT2D eigenvalue weighted by atomic mass is 9.91. The van der Waals surface area contributed by atoms with Crippen molar-refractivity contribution >= 4 is 46.7 Å². The Kier molecular flexibility index (Phi) is 11.3. The second-order valence-electron chi connectivity index (χ2n) is 14.4. The number of nitriles is 1. The number of anilines is 1. The lowest BCUT2D eigenvalue weighted by molar-refractivity contribution is -0.143. The van der Waals surface area contributed by atoms with E-state index in [1.807, 2.05) is 59.5 Å². The SMILES string of the molecule is N#Cc1ccc(-c2cccc(CC(NC(=O)[C@@H]3Cc4cc5c(cc4CN3Cc3ncc[nH]3)O[C@@H](c3ccc(OCc4ccc(Cl)c(Cl)c4)cc3)C(=O)N5)C(=O)O)c2)cc1. The van der Waals surface area contributed by atoms with Crippen molar-refractivity contribution in [3.8, 4) is 28.7 Å². The van der Waals surface area contributed by atoms with Crippen LogP contribution < -0.4 is 20.1 Å². The first-order valence-electron chi connectivity index (χ1n) is 18.7. The molecule has 3 heterocycles. The molecule has 12 nitrogen and oxygen atoms in total. The molecule has 14 heteroatoms. The third-order valence-corrected chi connectivity index (χ3v) is 11.1. The Labute approximate surface area is 349 Å². The van der Waals surface area contributed by atoms with Gasteiger partial charge in [-0.2, -0.15) is 5.26 Å². The van der Waals surface area contributed by atoms with Crippen LogP contribution in [0.3, 0.4) is 0 Å². The van der Waals surface area contributed by atoms with Crippen molar-refractivity contribution in [2.75, 3.05) is 5.32 Å². The van der Waals surface area contributed by atoms with E-state index in [-0.39, 0.29) is 25.4 Å². The first-order valence-corrected chi connectivity index (χ1v) is 19.5. The zero-order valence-electron chi connectivity index (χ0n) is 31.3. The molecule has 3 atom stereocenters. The summed E-state index contributed by atoms with van der Waals surface area (Å²) < 4.78 is 12.2. The summed E-state index contributed by atoms with van der Waals surface area (Å²) in [5.74, 6) is -0.219. The fourth-order valence-corrected chi connectivity index (χ4v) is 7.64. The molecule has 296 valence electrons. The second kappa shape index (κ2) is 17.1. The van der Waals surface area contributed by atoms with Crippen LogP contribution in [-0.4, -0.2) is 49.8 Å². The van der Waals surface area contributed by atoms with Gasteiger partial charge in [0.2, 0.25) is 12.0 Å². The van der Waals surface area contributed by atoms with Gasteiger partial charge in [-0.05, 0) is 88.3 Å². The molecule has 2 aliphatic rings. The Hall–Kier alpha value is -6.65. The number of H-pyrrole nitrogens is 1. The number of rotatable bonds is 12. The molecule has 4 N–H and O–H groups in total. The topological polar surface area (TPSA) is 170 Å². The summed E-state index contributed by atoms with van der Waals surface area (Å²) in [4.78, 5) is 49.5. The number of aromatic amines is 1. The molecule has 0 radical (unpaired) electrons. The highest BCUT2D eigenvalue weighted by molar-refractivity contribution is 6.42. The average molecular weight is 828 g/mol. The minimum Gasteiger partial charge on any atom is -0.489 e. The Morgan fingerprint density at radius 2 is 1.78 bits per heavy atom. The van der Waals surface area contributed by atoms with Crippen molar-refractivity contribution in [2.45, 2.75) is 50.7 Å². The van der Waals surface area contributed by atoms with Gasteiger partial charge >= 0.3 is 5.97 Å². The molecule has 0 spiro atoms. The molecule has 0 saturated carbocycles. The number of carbonyl (C=O) groups excluding carboxylic acids is 2. The number of nitrogens with zero attached hydrogens (tertiary/aromatic N) is 3. The molecule has 2 amide bonds. The summed E-state index contributed by atoms with van der Waals surface area (Å²) in [6.07, 6.45) is 2.73. The maximum Gasteiger partial charge on any atom is 0.326 e. The number of aromatic nitrogens is 2. The van der Waals surface area contributed by atoms with Crippen molar-refractivity contribution in [2.24, 2.45) is 0 Å². The second-order valence-corrected chi connectivity index (χ2v) is 15.2. The van der Waals surface area contributed by atoms with Gasteiger partial charge in [-0.15, -0.1) is 0 Å². The van der Waals surface area contributed by atoms with Gasteiger partial charge in [-0.1, -0.05) is 77.8 Å². The largest absolute Gasteiger partial charge is 0.489 e. The fourth-order valence-electron chi connectivity index (χ4n) is 7.32. The minimum absolute atomic E-state index is 0.0548. The molecule has 5 aromatic carbocycles. The van der Waals surface area contributed by atoms with Crippen LogP contribution in [0.5, 0.6) is 11.5 Å². The predicted molar refractivity (Wildman–Crippen MR) is 221 cm³/mol. The van der Waals surface area contributed by atoms with Crippen molar-refractivity contribution < 1.29 is 29.0 Å². The van der Waals surface area contributed by atoms with E-state index in [0.717, 1.165) is 33.4 Å². The molecule has 59 heavy (non-hydrogen) atoms. The molecular formula is C45H36Cl2N6O6.